The van der Waals surface area contributed by atoms with Crippen molar-refractivity contribution in [3.05, 3.63) is 53.0 Å². The van der Waals surface area contributed by atoms with E-state index in [1.807, 2.05) is 12.1 Å². The molecule has 1 saturated heterocycles. The minimum Gasteiger partial charge on any atom is -0.455 e. The fraction of sp³-hybridized carbons (Fsp3) is 0.238. The highest BCUT2D eigenvalue weighted by atomic mass is 79.9. The first kappa shape index (κ1) is 21.5. The standard InChI is InChI=1S/C21H20BrN3O5/c1-13(26)23-16-4-6-17(7-5-16)24-19(27)12-30-21(29)14-10-20(28)25(11-14)18-8-2-15(22)3-9-18/h2-9,14H,10-12H2,1H3,(H,23,26)(H,24,27)/t14-/m1/s1. The zero-order valence-electron chi connectivity index (χ0n) is 16.2. The number of carbonyl (C=O) groups excluding carboxylic acids is 4. The zero-order chi connectivity index (χ0) is 21.7. The molecule has 1 atom stereocenters. The fourth-order valence-corrected chi connectivity index (χ4v) is 3.29. The van der Waals surface area contributed by atoms with Gasteiger partial charge in [0.25, 0.3) is 5.91 Å². The highest BCUT2D eigenvalue weighted by molar-refractivity contribution is 9.10. The molecule has 9 heteroatoms. The van der Waals surface area contributed by atoms with Crippen LogP contribution in [0.2, 0.25) is 0 Å². The normalized spacial score (nSPS) is 15.6. The van der Waals surface area contributed by atoms with Gasteiger partial charge in [0.05, 0.1) is 5.92 Å². The number of anilines is 3. The van der Waals surface area contributed by atoms with Gasteiger partial charge in [-0.05, 0) is 48.5 Å². The number of nitrogens with one attached hydrogen (secondary N) is 2. The predicted molar refractivity (Wildman–Crippen MR) is 115 cm³/mol. The Hall–Kier alpha value is -3.20. The molecule has 0 saturated carbocycles. The number of ether oxygens (including phenoxy) is 1. The Morgan fingerprint density at radius 3 is 2.23 bits per heavy atom. The monoisotopic (exact) mass is 473 g/mol. The van der Waals surface area contributed by atoms with E-state index in [2.05, 4.69) is 26.6 Å². The van der Waals surface area contributed by atoms with Crippen LogP contribution in [0.1, 0.15) is 13.3 Å². The zero-order valence-corrected chi connectivity index (χ0v) is 17.8. The Kier molecular flexibility index (Phi) is 6.83. The van der Waals surface area contributed by atoms with E-state index in [1.54, 1.807) is 36.4 Å². The Morgan fingerprint density at radius 2 is 1.63 bits per heavy atom. The van der Waals surface area contributed by atoms with Crippen molar-refractivity contribution in [3.8, 4) is 0 Å². The number of amides is 3. The summed E-state index contributed by atoms with van der Waals surface area (Å²) in [6.07, 6.45) is 0.0428. The Labute approximate surface area is 181 Å². The third-order valence-corrected chi connectivity index (χ3v) is 4.96. The minimum atomic E-state index is -0.620. The van der Waals surface area contributed by atoms with Crippen LogP contribution in [0, 0.1) is 5.92 Å². The maximum absolute atomic E-state index is 12.3. The van der Waals surface area contributed by atoms with E-state index in [-0.39, 0.29) is 24.8 Å². The van der Waals surface area contributed by atoms with Crippen molar-refractivity contribution in [1.82, 2.24) is 0 Å². The lowest BCUT2D eigenvalue weighted by Crippen LogP contribution is -2.28. The average Bonchev–Trinajstić information content (AvgIpc) is 3.09. The van der Waals surface area contributed by atoms with Gasteiger partial charge in [-0.1, -0.05) is 15.9 Å². The molecule has 2 aromatic carbocycles. The van der Waals surface area contributed by atoms with Gasteiger partial charge in [-0.3, -0.25) is 19.2 Å². The van der Waals surface area contributed by atoms with Gasteiger partial charge in [-0.25, -0.2) is 0 Å². The van der Waals surface area contributed by atoms with Crippen LogP contribution in [-0.2, 0) is 23.9 Å². The van der Waals surface area contributed by atoms with Crippen LogP contribution in [0.15, 0.2) is 53.0 Å². The molecule has 0 radical (unpaired) electrons. The first-order valence-corrected chi connectivity index (χ1v) is 10.0. The van der Waals surface area contributed by atoms with Gasteiger partial charge in [0.2, 0.25) is 11.8 Å². The number of nitrogens with zero attached hydrogens (tertiary/aromatic N) is 1. The molecule has 1 heterocycles. The van der Waals surface area contributed by atoms with Gasteiger partial charge >= 0.3 is 5.97 Å². The third-order valence-electron chi connectivity index (χ3n) is 4.43. The van der Waals surface area contributed by atoms with Crippen LogP contribution in [0.25, 0.3) is 0 Å². The van der Waals surface area contributed by atoms with Crippen LogP contribution in [0.5, 0.6) is 0 Å². The number of benzene rings is 2. The largest absolute Gasteiger partial charge is 0.455 e. The van der Waals surface area contributed by atoms with Crippen LogP contribution in [0.4, 0.5) is 17.1 Å². The van der Waals surface area contributed by atoms with E-state index in [0.717, 1.165) is 4.47 Å². The van der Waals surface area contributed by atoms with E-state index in [1.165, 1.54) is 11.8 Å². The Balaban J connectivity index is 1.48. The summed E-state index contributed by atoms with van der Waals surface area (Å²) >= 11 is 3.34. The first-order valence-electron chi connectivity index (χ1n) is 9.22. The number of hydrogen-bond acceptors (Lipinski definition) is 5. The molecule has 1 aliphatic rings. The van der Waals surface area contributed by atoms with E-state index in [4.69, 9.17) is 4.74 Å². The summed E-state index contributed by atoms with van der Waals surface area (Å²) in [4.78, 5) is 49.1. The van der Waals surface area contributed by atoms with Crippen molar-refractivity contribution in [3.63, 3.8) is 0 Å². The highest BCUT2D eigenvalue weighted by Gasteiger charge is 2.36. The van der Waals surface area contributed by atoms with Crippen molar-refractivity contribution in [2.45, 2.75) is 13.3 Å². The number of halogens is 1. The molecule has 0 aliphatic carbocycles. The van der Waals surface area contributed by atoms with Crippen LogP contribution in [-0.4, -0.2) is 36.8 Å². The molecular formula is C21H20BrN3O5. The van der Waals surface area contributed by atoms with Crippen molar-refractivity contribution in [1.29, 1.82) is 0 Å². The van der Waals surface area contributed by atoms with Crippen molar-refractivity contribution in [2.24, 2.45) is 5.92 Å². The lowest BCUT2D eigenvalue weighted by Gasteiger charge is -2.16. The molecule has 0 unspecified atom stereocenters. The number of hydrogen-bond donors (Lipinski definition) is 2. The summed E-state index contributed by atoms with van der Waals surface area (Å²) in [5.41, 5.74) is 1.81. The van der Waals surface area contributed by atoms with Gasteiger partial charge in [0, 0.05) is 41.4 Å². The molecule has 8 nitrogen and oxygen atoms in total. The third kappa shape index (κ3) is 5.66. The van der Waals surface area contributed by atoms with E-state index in [9.17, 15) is 19.2 Å². The van der Waals surface area contributed by atoms with Gasteiger partial charge in [0.1, 0.15) is 0 Å². The minimum absolute atomic E-state index is 0.0428. The maximum atomic E-state index is 12.3. The summed E-state index contributed by atoms with van der Waals surface area (Å²) in [5.74, 6) is -2.06. The van der Waals surface area contributed by atoms with E-state index in [0.29, 0.717) is 17.1 Å². The molecule has 3 amide bonds. The van der Waals surface area contributed by atoms with E-state index < -0.39 is 24.4 Å². The number of rotatable bonds is 6. The number of esters is 1. The SMILES string of the molecule is CC(=O)Nc1ccc(NC(=O)COC(=O)[C@@H]2CC(=O)N(c3ccc(Br)cc3)C2)cc1. The van der Waals surface area contributed by atoms with Gasteiger partial charge < -0.3 is 20.3 Å². The quantitative estimate of drug-likeness (QED) is 0.627. The molecule has 3 rings (SSSR count). The Bertz CT molecular complexity index is 960. The van der Waals surface area contributed by atoms with Crippen molar-refractivity contribution >= 4 is 56.7 Å². The van der Waals surface area contributed by atoms with Gasteiger partial charge in [0.15, 0.2) is 6.61 Å². The molecule has 0 bridgehead atoms. The average molecular weight is 474 g/mol. The molecule has 2 aromatic rings. The molecule has 0 spiro atoms. The predicted octanol–water partition coefficient (Wildman–Crippen LogP) is 2.94. The summed E-state index contributed by atoms with van der Waals surface area (Å²) < 4.78 is 5.99. The fourth-order valence-electron chi connectivity index (χ4n) is 3.03. The molecule has 0 aromatic heterocycles. The first-order chi connectivity index (χ1) is 14.3. The maximum Gasteiger partial charge on any atom is 0.311 e. The lowest BCUT2D eigenvalue weighted by atomic mass is 10.1. The summed E-state index contributed by atoms with van der Waals surface area (Å²) in [6.45, 7) is 1.17. The summed E-state index contributed by atoms with van der Waals surface area (Å²) in [7, 11) is 0. The number of carbonyl (C=O) groups is 4. The lowest BCUT2D eigenvalue weighted by molar-refractivity contribution is -0.151. The highest BCUT2D eigenvalue weighted by Crippen LogP contribution is 2.27. The van der Waals surface area contributed by atoms with Crippen molar-refractivity contribution in [2.75, 3.05) is 28.7 Å². The second kappa shape index (κ2) is 9.53. The smallest absolute Gasteiger partial charge is 0.311 e. The van der Waals surface area contributed by atoms with Crippen molar-refractivity contribution < 1.29 is 23.9 Å². The Morgan fingerprint density at radius 1 is 1.03 bits per heavy atom. The molecule has 156 valence electrons. The van der Waals surface area contributed by atoms with Crippen LogP contribution < -0.4 is 15.5 Å². The second-order valence-corrected chi connectivity index (χ2v) is 7.71. The summed E-state index contributed by atoms with van der Waals surface area (Å²) in [6, 6.07) is 13.8. The van der Waals surface area contributed by atoms with Gasteiger partial charge in [-0.15, -0.1) is 0 Å². The van der Waals surface area contributed by atoms with Gasteiger partial charge in [-0.2, -0.15) is 0 Å². The topological polar surface area (TPSA) is 105 Å². The molecule has 1 fully saturated rings. The molecule has 1 aliphatic heterocycles. The molecular weight excluding hydrogens is 454 g/mol. The molecule has 2 N–H and O–H groups in total. The van der Waals surface area contributed by atoms with E-state index >= 15 is 0 Å². The molecule has 30 heavy (non-hydrogen) atoms. The van der Waals surface area contributed by atoms with Crippen LogP contribution in [0.3, 0.4) is 0 Å². The summed E-state index contributed by atoms with van der Waals surface area (Å²) in [5, 5.41) is 5.23. The van der Waals surface area contributed by atoms with Crippen LogP contribution >= 0.6 is 15.9 Å². The second-order valence-electron chi connectivity index (χ2n) is 6.80.